The lowest BCUT2D eigenvalue weighted by Gasteiger charge is -2.12. The van der Waals surface area contributed by atoms with Gasteiger partial charge in [-0.05, 0) is 6.42 Å². The summed E-state index contributed by atoms with van der Waals surface area (Å²) in [6.07, 6.45) is 0.334. The van der Waals surface area contributed by atoms with Gasteiger partial charge in [0.1, 0.15) is 12.7 Å². The third kappa shape index (κ3) is 4.32. The van der Waals surface area contributed by atoms with E-state index >= 15 is 0 Å². The number of rotatable bonds is 7. The van der Waals surface area contributed by atoms with E-state index in [0.29, 0.717) is 18.9 Å². The maximum absolute atomic E-state index is 11.4. The summed E-state index contributed by atoms with van der Waals surface area (Å²) < 4.78 is 9.98. The van der Waals surface area contributed by atoms with Crippen LogP contribution in [0, 0.1) is 0 Å². The minimum Gasteiger partial charge on any atom is -0.464 e. The van der Waals surface area contributed by atoms with Crippen molar-refractivity contribution in [2.45, 2.75) is 38.4 Å². The molecule has 0 aromatic rings. The predicted molar refractivity (Wildman–Crippen MR) is 60.7 cm³/mol. The van der Waals surface area contributed by atoms with Crippen LogP contribution in [0.4, 0.5) is 0 Å². The lowest BCUT2D eigenvalue weighted by Crippen LogP contribution is -2.31. The summed E-state index contributed by atoms with van der Waals surface area (Å²) in [5.74, 6) is -0.622. The minimum absolute atomic E-state index is 0.0868. The molecule has 0 saturated carbocycles. The molecule has 0 aromatic heterocycles. The molecular formula is C11H19NO5. The molecule has 1 N–H and O–H groups in total. The van der Waals surface area contributed by atoms with E-state index in [1.165, 1.54) is 7.11 Å². The van der Waals surface area contributed by atoms with Gasteiger partial charge in [-0.2, -0.15) is 0 Å². The van der Waals surface area contributed by atoms with Gasteiger partial charge in [-0.3, -0.25) is 0 Å². The van der Waals surface area contributed by atoms with E-state index in [1.54, 1.807) is 0 Å². The molecule has 0 radical (unpaired) electrons. The van der Waals surface area contributed by atoms with E-state index < -0.39 is 12.1 Å². The maximum Gasteiger partial charge on any atom is 0.335 e. The Morgan fingerprint density at radius 1 is 1.71 bits per heavy atom. The number of carbonyl (C=O) groups is 1. The van der Waals surface area contributed by atoms with E-state index in [1.807, 2.05) is 6.92 Å². The molecule has 1 heterocycles. The Bertz CT molecular complexity index is 279. The number of hydrogen-bond donors (Lipinski definition) is 1. The fraction of sp³-hybridized carbons (Fsp3) is 0.818. The zero-order chi connectivity index (χ0) is 12.7. The van der Waals surface area contributed by atoms with Gasteiger partial charge in [0, 0.05) is 13.5 Å². The SMILES string of the molecule is CCCCOC(=O)C(O)CC1=NOCC1OC. The van der Waals surface area contributed by atoms with Crippen LogP contribution in [0.25, 0.3) is 0 Å². The van der Waals surface area contributed by atoms with Crippen molar-refractivity contribution in [1.82, 2.24) is 0 Å². The number of aliphatic hydroxyl groups excluding tert-OH is 1. The largest absolute Gasteiger partial charge is 0.464 e. The van der Waals surface area contributed by atoms with E-state index in [2.05, 4.69) is 5.16 Å². The Morgan fingerprint density at radius 3 is 3.12 bits per heavy atom. The number of hydrogen-bond acceptors (Lipinski definition) is 6. The molecule has 2 unspecified atom stereocenters. The molecule has 1 rings (SSSR count). The third-order valence-electron chi connectivity index (χ3n) is 2.48. The molecule has 1 aliphatic rings. The van der Waals surface area contributed by atoms with Gasteiger partial charge < -0.3 is 19.4 Å². The monoisotopic (exact) mass is 245 g/mol. The molecule has 0 aromatic carbocycles. The van der Waals surface area contributed by atoms with Gasteiger partial charge in [0.2, 0.25) is 0 Å². The van der Waals surface area contributed by atoms with Crippen molar-refractivity contribution in [3.63, 3.8) is 0 Å². The predicted octanol–water partition coefficient (Wildman–Crippen LogP) is 0.482. The van der Waals surface area contributed by atoms with Gasteiger partial charge in [-0.25, -0.2) is 4.79 Å². The molecule has 0 aliphatic carbocycles. The van der Waals surface area contributed by atoms with Gasteiger partial charge in [0.05, 0.1) is 12.3 Å². The number of ether oxygens (including phenoxy) is 2. The van der Waals surface area contributed by atoms with Gasteiger partial charge in [-0.15, -0.1) is 0 Å². The second kappa shape index (κ2) is 7.24. The van der Waals surface area contributed by atoms with Crippen LogP contribution in [0.3, 0.4) is 0 Å². The van der Waals surface area contributed by atoms with Crippen LogP contribution in [0.15, 0.2) is 5.16 Å². The molecule has 0 amide bonds. The number of methoxy groups -OCH3 is 1. The third-order valence-corrected chi connectivity index (χ3v) is 2.48. The zero-order valence-corrected chi connectivity index (χ0v) is 10.2. The first-order valence-electron chi connectivity index (χ1n) is 5.75. The van der Waals surface area contributed by atoms with Crippen molar-refractivity contribution < 1.29 is 24.2 Å². The Labute approximate surface area is 101 Å². The van der Waals surface area contributed by atoms with E-state index in [0.717, 1.165) is 12.8 Å². The smallest absolute Gasteiger partial charge is 0.335 e. The molecule has 0 bridgehead atoms. The highest BCUT2D eigenvalue weighted by Crippen LogP contribution is 2.11. The molecule has 6 heteroatoms. The van der Waals surface area contributed by atoms with Crippen LogP contribution < -0.4 is 0 Å². The lowest BCUT2D eigenvalue weighted by atomic mass is 10.1. The average Bonchev–Trinajstić information content (AvgIpc) is 2.76. The van der Waals surface area contributed by atoms with Crippen LogP contribution in [0.1, 0.15) is 26.2 Å². The number of aliphatic hydroxyl groups is 1. The highest BCUT2D eigenvalue weighted by molar-refractivity contribution is 5.93. The molecule has 0 spiro atoms. The summed E-state index contributed by atoms with van der Waals surface area (Å²) in [5.41, 5.74) is 0.535. The van der Waals surface area contributed by atoms with Gasteiger partial charge in [-0.1, -0.05) is 18.5 Å². The number of oxime groups is 1. The first-order valence-corrected chi connectivity index (χ1v) is 5.75. The molecule has 6 nitrogen and oxygen atoms in total. The second-order valence-electron chi connectivity index (χ2n) is 3.84. The summed E-state index contributed by atoms with van der Waals surface area (Å²) in [6, 6.07) is 0. The van der Waals surface area contributed by atoms with Gasteiger partial charge in [0.15, 0.2) is 6.10 Å². The standard InChI is InChI=1S/C11H19NO5/c1-3-4-5-16-11(14)9(13)6-8-10(15-2)7-17-12-8/h9-10,13H,3-7H2,1-2H3. The maximum atomic E-state index is 11.4. The summed E-state index contributed by atoms with van der Waals surface area (Å²) in [5, 5.41) is 13.4. The van der Waals surface area contributed by atoms with Crippen molar-refractivity contribution in [3.8, 4) is 0 Å². The highest BCUT2D eigenvalue weighted by atomic mass is 16.7. The minimum atomic E-state index is -1.20. The Hall–Kier alpha value is -1.14. The van der Waals surface area contributed by atoms with Crippen LogP contribution in [0.2, 0.25) is 0 Å². The van der Waals surface area contributed by atoms with E-state index in [9.17, 15) is 9.90 Å². The number of nitrogens with zero attached hydrogens (tertiary/aromatic N) is 1. The van der Waals surface area contributed by atoms with Crippen LogP contribution in [0.5, 0.6) is 0 Å². The van der Waals surface area contributed by atoms with Crippen LogP contribution in [-0.2, 0) is 19.1 Å². The quantitative estimate of drug-likeness (QED) is 0.521. The van der Waals surface area contributed by atoms with Crippen LogP contribution in [-0.4, -0.2) is 49.3 Å². The molecular weight excluding hydrogens is 226 g/mol. The fourth-order valence-corrected chi connectivity index (χ4v) is 1.41. The molecule has 17 heavy (non-hydrogen) atoms. The van der Waals surface area contributed by atoms with Crippen molar-refractivity contribution >= 4 is 11.7 Å². The first-order chi connectivity index (χ1) is 8.19. The summed E-state index contributed by atoms with van der Waals surface area (Å²) in [7, 11) is 1.53. The molecule has 1 aliphatic heterocycles. The highest BCUT2D eigenvalue weighted by Gasteiger charge is 2.28. The van der Waals surface area contributed by atoms with E-state index in [-0.39, 0.29) is 12.5 Å². The lowest BCUT2D eigenvalue weighted by molar-refractivity contribution is -0.153. The molecule has 2 atom stereocenters. The Morgan fingerprint density at radius 2 is 2.47 bits per heavy atom. The topological polar surface area (TPSA) is 77.4 Å². The van der Waals surface area contributed by atoms with E-state index in [4.69, 9.17) is 14.3 Å². The van der Waals surface area contributed by atoms with Crippen molar-refractivity contribution in [2.75, 3.05) is 20.3 Å². The Kier molecular flexibility index (Phi) is 5.93. The summed E-state index contributed by atoms with van der Waals surface area (Å²) >= 11 is 0. The van der Waals surface area contributed by atoms with Crippen molar-refractivity contribution in [1.29, 1.82) is 0 Å². The molecule has 98 valence electrons. The zero-order valence-electron chi connectivity index (χ0n) is 10.2. The molecule has 0 fully saturated rings. The average molecular weight is 245 g/mol. The number of carbonyl (C=O) groups excluding carboxylic acids is 1. The summed E-state index contributed by atoms with van der Waals surface area (Å²) in [4.78, 5) is 16.2. The normalized spacial score (nSPS) is 20.6. The Balaban J connectivity index is 2.32. The summed E-state index contributed by atoms with van der Waals surface area (Å²) in [6.45, 7) is 2.66. The van der Waals surface area contributed by atoms with Crippen LogP contribution >= 0.6 is 0 Å². The molecule has 0 saturated heterocycles. The van der Waals surface area contributed by atoms with Gasteiger partial charge in [0.25, 0.3) is 0 Å². The fourth-order valence-electron chi connectivity index (χ4n) is 1.41. The number of esters is 1. The first kappa shape index (κ1) is 13.9. The van der Waals surface area contributed by atoms with Crippen molar-refractivity contribution in [2.24, 2.45) is 5.16 Å². The number of unbranched alkanes of at least 4 members (excludes halogenated alkanes) is 1. The van der Waals surface area contributed by atoms with Gasteiger partial charge >= 0.3 is 5.97 Å². The second-order valence-corrected chi connectivity index (χ2v) is 3.84. The van der Waals surface area contributed by atoms with Crippen molar-refractivity contribution in [3.05, 3.63) is 0 Å².